The molecular formula is C70H125N2O7P. The molecule has 80 heavy (non-hydrogen) atoms. The largest absolute Gasteiger partial charge is 0.756 e. The maximum Gasteiger partial charge on any atom is 0.306 e. The van der Waals surface area contributed by atoms with Gasteiger partial charge in [0.1, 0.15) is 19.3 Å². The third-order valence-corrected chi connectivity index (χ3v) is 15.2. The lowest BCUT2D eigenvalue weighted by Gasteiger charge is -2.30. The number of hydrogen-bond acceptors (Lipinski definition) is 7. The molecule has 462 valence electrons. The van der Waals surface area contributed by atoms with Crippen LogP contribution in [-0.4, -0.2) is 69.4 Å². The van der Waals surface area contributed by atoms with Crippen LogP contribution in [0.5, 0.6) is 0 Å². The summed E-state index contributed by atoms with van der Waals surface area (Å²) in [7, 11) is 1.15. The van der Waals surface area contributed by atoms with E-state index < -0.39 is 32.5 Å². The van der Waals surface area contributed by atoms with Crippen LogP contribution in [0.25, 0.3) is 0 Å². The van der Waals surface area contributed by atoms with Crippen molar-refractivity contribution in [2.75, 3.05) is 40.9 Å². The number of allylic oxidation sites excluding steroid dienone is 15. The highest BCUT2D eigenvalue weighted by atomic mass is 31.2. The van der Waals surface area contributed by atoms with Crippen LogP contribution in [0, 0.1) is 0 Å². The molecule has 0 aliphatic heterocycles. The van der Waals surface area contributed by atoms with E-state index in [1.54, 1.807) is 0 Å². The molecule has 0 spiro atoms. The van der Waals surface area contributed by atoms with Crippen molar-refractivity contribution in [3.05, 3.63) is 97.2 Å². The first-order valence-electron chi connectivity index (χ1n) is 33.0. The monoisotopic (exact) mass is 1140 g/mol. The number of quaternary nitrogens is 1. The van der Waals surface area contributed by atoms with Crippen LogP contribution < -0.4 is 10.2 Å². The standard InChI is InChI=1S/C70H125N2O7P/c1-7-10-13-16-19-22-25-28-30-32-33-34-35-36-37-38-39-41-42-44-47-50-53-56-59-62-69(73)71-67(66-78-80(75,76)77-65-64-72(4,5)6)68(61-58-55-52-49-46-27-24-21-18-15-12-9-3)79-70(74)63-60-57-54-51-48-45-43-40-31-29-26-23-20-17-14-11-8-2/h11,14,19-20,22-23,28-31,43,45,51,54,58,61,67-68H,7-10,12-13,15-18,21,24-27,32-42,44,46-50,52-53,55-57,59-60,62-66H2,1-6H3,(H-,71,73,75,76)/b14-11-,22-19-,23-20-,30-28-,31-29-,45-43-,54-51-,61-58-. The second-order valence-electron chi connectivity index (χ2n) is 23.2. The average Bonchev–Trinajstić information content (AvgIpc) is 3.42. The smallest absolute Gasteiger partial charge is 0.306 e. The molecule has 10 heteroatoms. The van der Waals surface area contributed by atoms with Crippen molar-refractivity contribution < 1.29 is 37.3 Å². The molecule has 0 fully saturated rings. The van der Waals surface area contributed by atoms with Gasteiger partial charge in [-0.15, -0.1) is 0 Å². The molecule has 0 aliphatic rings. The Morgan fingerprint density at radius 1 is 0.450 bits per heavy atom. The lowest BCUT2D eigenvalue weighted by molar-refractivity contribution is -0.870. The number of esters is 1. The third kappa shape index (κ3) is 59.5. The third-order valence-electron chi connectivity index (χ3n) is 14.2. The number of rotatable bonds is 59. The molecule has 1 amide bonds. The molecule has 0 rings (SSSR count). The molecule has 9 nitrogen and oxygen atoms in total. The number of unbranched alkanes of at least 4 members (excludes halogenated alkanes) is 29. The minimum atomic E-state index is -4.72. The zero-order valence-corrected chi connectivity index (χ0v) is 53.7. The molecule has 3 unspecified atom stereocenters. The van der Waals surface area contributed by atoms with Gasteiger partial charge in [0, 0.05) is 12.8 Å². The SMILES string of the molecule is CC/C=C\C/C=C\C/C=C\C/C=C\C/C=C\CCCC(=O)OC(/C=C\CCCCCCCCCCCC)C(COP(=O)([O-])OCC[N+](C)(C)C)NC(=O)CCCCCCCCCCCCCCCCC/C=C\C/C=C\CCCCC. The first-order chi connectivity index (χ1) is 38.9. The van der Waals surface area contributed by atoms with Gasteiger partial charge in [0.2, 0.25) is 5.91 Å². The van der Waals surface area contributed by atoms with Crippen molar-refractivity contribution in [1.82, 2.24) is 5.32 Å². The number of carbonyl (C=O) groups excluding carboxylic acids is 2. The van der Waals surface area contributed by atoms with E-state index in [-0.39, 0.29) is 18.9 Å². The molecule has 1 N–H and O–H groups in total. The molecule has 0 bridgehead atoms. The van der Waals surface area contributed by atoms with Crippen LogP contribution in [0.2, 0.25) is 0 Å². The van der Waals surface area contributed by atoms with Crippen LogP contribution in [0.4, 0.5) is 0 Å². The summed E-state index contributed by atoms with van der Waals surface area (Å²) in [5, 5.41) is 3.02. The van der Waals surface area contributed by atoms with Crippen molar-refractivity contribution in [2.45, 2.75) is 296 Å². The van der Waals surface area contributed by atoms with Gasteiger partial charge in [-0.1, -0.05) is 266 Å². The fraction of sp³-hybridized carbons (Fsp3) is 0.743. The fourth-order valence-corrected chi connectivity index (χ4v) is 9.90. The number of phosphoric acid groups is 1. The Morgan fingerprint density at radius 2 is 0.812 bits per heavy atom. The second kappa shape index (κ2) is 59.1. The van der Waals surface area contributed by atoms with Gasteiger partial charge in [-0.25, -0.2) is 0 Å². The van der Waals surface area contributed by atoms with Crippen LogP contribution in [0.3, 0.4) is 0 Å². The fourth-order valence-electron chi connectivity index (χ4n) is 9.18. The van der Waals surface area contributed by atoms with Crippen molar-refractivity contribution in [3.8, 4) is 0 Å². The van der Waals surface area contributed by atoms with E-state index in [9.17, 15) is 19.0 Å². The minimum Gasteiger partial charge on any atom is -0.756 e. The van der Waals surface area contributed by atoms with E-state index in [0.29, 0.717) is 23.9 Å². The Labute approximate surface area is 494 Å². The summed E-state index contributed by atoms with van der Waals surface area (Å²) in [5.41, 5.74) is 0. The van der Waals surface area contributed by atoms with E-state index in [4.69, 9.17) is 13.8 Å². The lowest BCUT2D eigenvalue weighted by atomic mass is 10.0. The first-order valence-corrected chi connectivity index (χ1v) is 34.5. The van der Waals surface area contributed by atoms with E-state index in [1.165, 1.54) is 161 Å². The molecule has 0 saturated carbocycles. The van der Waals surface area contributed by atoms with Crippen LogP contribution >= 0.6 is 7.82 Å². The van der Waals surface area contributed by atoms with E-state index >= 15 is 0 Å². The van der Waals surface area contributed by atoms with Gasteiger partial charge in [-0.2, -0.15) is 0 Å². The molecule has 0 heterocycles. The zero-order chi connectivity index (χ0) is 58.6. The number of nitrogens with zero attached hydrogens (tertiary/aromatic N) is 1. The first kappa shape index (κ1) is 76.9. The van der Waals surface area contributed by atoms with E-state index in [0.717, 1.165) is 83.5 Å². The quantitative estimate of drug-likeness (QED) is 0.0212. The highest BCUT2D eigenvalue weighted by molar-refractivity contribution is 7.45. The Bertz CT molecular complexity index is 1690. The molecule has 0 aromatic rings. The number of hydrogen-bond donors (Lipinski definition) is 1. The molecule has 0 radical (unpaired) electrons. The Hall–Kier alpha value is -3.07. The predicted molar refractivity (Wildman–Crippen MR) is 344 cm³/mol. The molecule has 3 atom stereocenters. The number of carbonyl (C=O) groups is 2. The van der Waals surface area contributed by atoms with Crippen molar-refractivity contribution in [1.29, 1.82) is 0 Å². The summed E-state index contributed by atoms with van der Waals surface area (Å²) >= 11 is 0. The van der Waals surface area contributed by atoms with Crippen molar-refractivity contribution in [2.24, 2.45) is 0 Å². The maximum absolute atomic E-state index is 13.6. The van der Waals surface area contributed by atoms with Crippen molar-refractivity contribution >= 4 is 19.7 Å². The van der Waals surface area contributed by atoms with E-state index in [1.807, 2.05) is 33.3 Å². The summed E-state index contributed by atoms with van der Waals surface area (Å²) in [6.07, 6.45) is 79.6. The highest BCUT2D eigenvalue weighted by Crippen LogP contribution is 2.38. The summed E-state index contributed by atoms with van der Waals surface area (Å²) in [6, 6.07) is -0.916. The number of nitrogens with one attached hydrogen (secondary N) is 1. The molecule has 0 aromatic heterocycles. The maximum atomic E-state index is 13.6. The highest BCUT2D eigenvalue weighted by Gasteiger charge is 2.27. The Kier molecular flexibility index (Phi) is 56.8. The molecule has 0 aromatic carbocycles. The summed E-state index contributed by atoms with van der Waals surface area (Å²) in [5.74, 6) is -0.608. The summed E-state index contributed by atoms with van der Waals surface area (Å²) in [4.78, 5) is 40.0. The van der Waals surface area contributed by atoms with Crippen LogP contribution in [0.1, 0.15) is 284 Å². The molecule has 0 saturated heterocycles. The van der Waals surface area contributed by atoms with E-state index in [2.05, 4.69) is 111 Å². The molecule has 0 aliphatic carbocycles. The number of ether oxygens (including phenoxy) is 1. The second-order valence-corrected chi connectivity index (χ2v) is 24.6. The van der Waals surface area contributed by atoms with Gasteiger partial charge in [0.05, 0.1) is 33.8 Å². The minimum absolute atomic E-state index is 0.0344. The van der Waals surface area contributed by atoms with Gasteiger partial charge in [-0.05, 0) is 102 Å². The van der Waals surface area contributed by atoms with Gasteiger partial charge in [0.25, 0.3) is 7.82 Å². The summed E-state index contributed by atoms with van der Waals surface area (Å²) < 4.78 is 30.3. The Morgan fingerprint density at radius 3 is 1.25 bits per heavy atom. The zero-order valence-electron chi connectivity index (χ0n) is 52.8. The van der Waals surface area contributed by atoms with Crippen LogP contribution in [-0.2, 0) is 27.9 Å². The lowest BCUT2D eigenvalue weighted by Crippen LogP contribution is -2.47. The van der Waals surface area contributed by atoms with Gasteiger partial charge >= 0.3 is 5.97 Å². The number of likely N-dealkylation sites (N-methyl/N-ethyl adjacent to an activating group) is 1. The van der Waals surface area contributed by atoms with Crippen molar-refractivity contribution in [3.63, 3.8) is 0 Å². The normalized spacial score (nSPS) is 14.2. The van der Waals surface area contributed by atoms with Gasteiger partial charge in [-0.3, -0.25) is 14.2 Å². The number of amides is 1. The average molecular weight is 1140 g/mol. The van der Waals surface area contributed by atoms with Gasteiger partial charge in [0.15, 0.2) is 0 Å². The topological polar surface area (TPSA) is 114 Å². The summed E-state index contributed by atoms with van der Waals surface area (Å²) in [6.45, 7) is 6.68. The molecular weight excluding hydrogens is 1010 g/mol. The predicted octanol–water partition coefficient (Wildman–Crippen LogP) is 20.1. The Balaban J connectivity index is 5.17. The van der Waals surface area contributed by atoms with Gasteiger partial charge < -0.3 is 28.5 Å². The van der Waals surface area contributed by atoms with Crippen LogP contribution in [0.15, 0.2) is 97.2 Å². The number of phosphoric ester groups is 1.